The number of hydrogen-bond acceptors (Lipinski definition) is 2. The largest absolute Gasteiger partial charge is 0.456 e. The van der Waals surface area contributed by atoms with Gasteiger partial charge in [0.25, 0.3) is 0 Å². The highest BCUT2D eigenvalue weighted by Gasteiger charge is 2.23. The quantitative estimate of drug-likeness (QED) is 0.485. The van der Waals surface area contributed by atoms with Gasteiger partial charge in [-0.25, -0.2) is 0 Å². The first-order valence-corrected chi connectivity index (χ1v) is 6.78. The predicted octanol–water partition coefficient (Wildman–Crippen LogP) is 2.84. The summed E-state index contributed by atoms with van der Waals surface area (Å²) in [6.45, 7) is 7.18. The summed E-state index contributed by atoms with van der Waals surface area (Å²) in [7, 11) is 6.41. The lowest BCUT2D eigenvalue weighted by Crippen LogP contribution is -2.43. The van der Waals surface area contributed by atoms with E-state index in [-0.39, 0.29) is 12.1 Å². The Bertz CT molecular complexity index is 221. The van der Waals surface area contributed by atoms with Crippen LogP contribution < -0.4 is 0 Å². The Hall–Kier alpha value is -0.570. The Morgan fingerprint density at radius 2 is 1.82 bits per heavy atom. The molecule has 0 saturated carbocycles. The average Bonchev–Trinajstić information content (AvgIpc) is 2.14. The predicted molar refractivity (Wildman–Crippen MR) is 71.8 cm³/mol. The molecule has 3 nitrogen and oxygen atoms in total. The van der Waals surface area contributed by atoms with Gasteiger partial charge in [0, 0.05) is 6.42 Å². The highest BCUT2D eigenvalue weighted by Crippen LogP contribution is 2.17. The Labute approximate surface area is 107 Å². The molecule has 17 heavy (non-hydrogen) atoms. The summed E-state index contributed by atoms with van der Waals surface area (Å²) in [6, 6.07) is 0. The van der Waals surface area contributed by atoms with Gasteiger partial charge < -0.3 is 9.22 Å². The zero-order valence-electron chi connectivity index (χ0n) is 12.5. The molecule has 0 aliphatic carbocycles. The number of carbonyl (C=O) groups is 1. The second kappa shape index (κ2) is 7.70. The van der Waals surface area contributed by atoms with E-state index in [9.17, 15) is 4.79 Å². The van der Waals surface area contributed by atoms with Crippen LogP contribution in [-0.2, 0) is 9.53 Å². The smallest absolute Gasteiger partial charge is 0.305 e. The highest BCUT2D eigenvalue weighted by atomic mass is 16.5. The molecular formula is C14H30NO2+. The van der Waals surface area contributed by atoms with E-state index < -0.39 is 0 Å². The van der Waals surface area contributed by atoms with Gasteiger partial charge in [0.05, 0.1) is 21.1 Å². The number of hydrogen-bond donors (Lipinski definition) is 0. The van der Waals surface area contributed by atoms with Gasteiger partial charge in [0.1, 0.15) is 6.54 Å². The molecule has 2 unspecified atom stereocenters. The fourth-order valence-corrected chi connectivity index (χ4v) is 2.10. The summed E-state index contributed by atoms with van der Waals surface area (Å²) >= 11 is 0. The second-order valence-corrected chi connectivity index (χ2v) is 6.07. The van der Waals surface area contributed by atoms with Crippen molar-refractivity contribution >= 4 is 5.97 Å². The van der Waals surface area contributed by atoms with E-state index in [1.54, 1.807) is 0 Å². The number of rotatable bonds is 8. The van der Waals surface area contributed by atoms with Gasteiger partial charge >= 0.3 is 5.97 Å². The number of likely N-dealkylation sites (N-methyl/N-ethyl adjacent to an activating group) is 1. The summed E-state index contributed by atoms with van der Waals surface area (Å²) in [4.78, 5) is 11.4. The fraction of sp³-hybridized carbons (Fsp3) is 0.929. The maximum absolute atomic E-state index is 11.4. The van der Waals surface area contributed by atoms with Crippen molar-refractivity contribution in [1.29, 1.82) is 0 Å². The summed E-state index contributed by atoms with van der Waals surface area (Å²) in [6.07, 6.45) is 3.91. The van der Waals surface area contributed by atoms with Gasteiger partial charge in [-0.1, -0.05) is 33.6 Å². The van der Waals surface area contributed by atoms with Crippen molar-refractivity contribution in [2.75, 3.05) is 27.7 Å². The average molecular weight is 244 g/mol. The molecule has 0 bridgehead atoms. The molecule has 0 spiro atoms. The summed E-state index contributed by atoms with van der Waals surface area (Å²) in [5.74, 6) is 0.549. The Balaban J connectivity index is 4.34. The summed E-state index contributed by atoms with van der Waals surface area (Å²) in [5, 5.41) is 0. The first-order chi connectivity index (χ1) is 7.78. The minimum absolute atomic E-state index is 0.0593. The van der Waals surface area contributed by atoms with Crippen molar-refractivity contribution in [1.82, 2.24) is 0 Å². The van der Waals surface area contributed by atoms with Crippen molar-refractivity contribution in [3.63, 3.8) is 0 Å². The molecule has 0 amide bonds. The van der Waals surface area contributed by atoms with Crippen LogP contribution in [0.2, 0.25) is 0 Å². The number of quaternary nitrogens is 1. The van der Waals surface area contributed by atoms with Crippen LogP contribution in [0, 0.1) is 5.92 Å². The number of nitrogens with zero attached hydrogens (tertiary/aromatic N) is 1. The normalized spacial score (nSPS) is 15.4. The second-order valence-electron chi connectivity index (χ2n) is 6.07. The van der Waals surface area contributed by atoms with Gasteiger partial charge in [-0.15, -0.1) is 0 Å². The van der Waals surface area contributed by atoms with Crippen LogP contribution >= 0.6 is 0 Å². The topological polar surface area (TPSA) is 26.3 Å². The summed E-state index contributed by atoms with van der Waals surface area (Å²) in [5.41, 5.74) is 0. The molecule has 2 atom stereocenters. The van der Waals surface area contributed by atoms with Crippen LogP contribution in [0.4, 0.5) is 0 Å². The minimum atomic E-state index is -0.0767. The Morgan fingerprint density at radius 1 is 1.24 bits per heavy atom. The molecule has 0 aromatic rings. The molecule has 0 fully saturated rings. The van der Waals surface area contributed by atoms with Crippen LogP contribution in [0.25, 0.3) is 0 Å². The van der Waals surface area contributed by atoms with Gasteiger partial charge in [0.2, 0.25) is 0 Å². The zero-order chi connectivity index (χ0) is 13.5. The van der Waals surface area contributed by atoms with Crippen molar-refractivity contribution in [2.24, 2.45) is 5.92 Å². The fourth-order valence-electron chi connectivity index (χ4n) is 2.10. The van der Waals surface area contributed by atoms with Crippen LogP contribution in [0.15, 0.2) is 0 Å². The maximum atomic E-state index is 11.4. The maximum Gasteiger partial charge on any atom is 0.305 e. The zero-order valence-corrected chi connectivity index (χ0v) is 12.5. The molecule has 0 heterocycles. The third kappa shape index (κ3) is 9.16. The first-order valence-electron chi connectivity index (χ1n) is 6.78. The van der Waals surface area contributed by atoms with Gasteiger partial charge in [-0.05, 0) is 12.3 Å². The molecular weight excluding hydrogens is 214 g/mol. The van der Waals surface area contributed by atoms with Crippen molar-refractivity contribution in [3.8, 4) is 0 Å². The van der Waals surface area contributed by atoms with Crippen molar-refractivity contribution in [2.45, 2.75) is 52.6 Å². The molecule has 0 aromatic heterocycles. The van der Waals surface area contributed by atoms with E-state index in [4.69, 9.17) is 4.74 Å². The standard InChI is InChI=1S/C14H30NO2/c1-7-9-12(3)10-13(11-15(4,5)6)17-14(16)8-2/h12-13H,7-11H2,1-6H3/q+1. The molecule has 0 aromatic carbocycles. The Kier molecular flexibility index (Phi) is 7.44. The SMILES string of the molecule is CCCC(C)CC(C[N+](C)(C)C)OC(=O)CC. The van der Waals surface area contributed by atoms with Crippen LogP contribution in [0.5, 0.6) is 0 Å². The Morgan fingerprint density at radius 3 is 2.24 bits per heavy atom. The van der Waals surface area contributed by atoms with Crippen molar-refractivity contribution < 1.29 is 14.0 Å². The molecule has 0 aliphatic heterocycles. The first kappa shape index (κ1) is 16.4. The van der Waals surface area contributed by atoms with E-state index in [0.717, 1.165) is 17.4 Å². The molecule has 0 N–H and O–H groups in total. The third-order valence-corrected chi connectivity index (χ3v) is 2.78. The van der Waals surface area contributed by atoms with E-state index in [1.165, 1.54) is 12.8 Å². The van der Waals surface area contributed by atoms with Gasteiger partial charge in [-0.2, -0.15) is 0 Å². The van der Waals surface area contributed by atoms with Gasteiger partial charge in [-0.3, -0.25) is 4.79 Å². The molecule has 0 rings (SSSR count). The van der Waals surface area contributed by atoms with Gasteiger partial charge in [0.15, 0.2) is 6.10 Å². The molecule has 102 valence electrons. The minimum Gasteiger partial charge on any atom is -0.456 e. The lowest BCUT2D eigenvalue weighted by Gasteiger charge is -2.30. The van der Waals surface area contributed by atoms with E-state index in [2.05, 4.69) is 35.0 Å². The highest BCUT2D eigenvalue weighted by molar-refractivity contribution is 5.69. The van der Waals surface area contributed by atoms with Crippen LogP contribution in [-0.4, -0.2) is 44.2 Å². The lowest BCUT2D eigenvalue weighted by atomic mass is 9.98. The molecule has 0 saturated heterocycles. The van der Waals surface area contributed by atoms with Crippen LogP contribution in [0.3, 0.4) is 0 Å². The van der Waals surface area contributed by atoms with E-state index >= 15 is 0 Å². The van der Waals surface area contributed by atoms with Crippen molar-refractivity contribution in [3.05, 3.63) is 0 Å². The molecule has 0 aliphatic rings. The molecule has 3 heteroatoms. The number of esters is 1. The monoisotopic (exact) mass is 244 g/mol. The van der Waals surface area contributed by atoms with E-state index in [0.29, 0.717) is 12.3 Å². The number of carbonyl (C=O) groups excluding carboxylic acids is 1. The van der Waals surface area contributed by atoms with Crippen LogP contribution in [0.1, 0.15) is 46.5 Å². The molecule has 0 radical (unpaired) electrons. The van der Waals surface area contributed by atoms with E-state index in [1.807, 2.05) is 6.92 Å². The third-order valence-electron chi connectivity index (χ3n) is 2.78. The summed E-state index contributed by atoms with van der Waals surface area (Å²) < 4.78 is 6.37. The number of ether oxygens (including phenoxy) is 1. The lowest BCUT2D eigenvalue weighted by molar-refractivity contribution is -0.873.